The van der Waals surface area contributed by atoms with Crippen molar-refractivity contribution in [2.24, 2.45) is 0 Å². The third kappa shape index (κ3) is 3.83. The Morgan fingerprint density at radius 2 is 1.90 bits per heavy atom. The van der Waals surface area contributed by atoms with Gasteiger partial charge in [-0.2, -0.15) is 0 Å². The highest BCUT2D eigenvalue weighted by molar-refractivity contribution is 6.31. The van der Waals surface area contributed by atoms with Gasteiger partial charge >= 0.3 is 5.97 Å². The normalized spacial score (nSPS) is 10.3. The van der Waals surface area contributed by atoms with E-state index in [2.05, 4.69) is 0 Å². The van der Waals surface area contributed by atoms with E-state index in [-0.39, 0.29) is 12.6 Å². The Hall–Kier alpha value is -1.84. The lowest BCUT2D eigenvalue weighted by Crippen LogP contribution is -2.06. The van der Waals surface area contributed by atoms with Gasteiger partial charge in [0.25, 0.3) is 0 Å². The van der Waals surface area contributed by atoms with E-state index in [9.17, 15) is 4.79 Å². The molecule has 0 N–H and O–H groups in total. The molecule has 2 aromatic carbocycles. The minimum absolute atomic E-state index is 0.160. The smallest absolute Gasteiger partial charge is 0.338 e. The number of rotatable bonds is 5. The van der Waals surface area contributed by atoms with Crippen molar-refractivity contribution in [3.8, 4) is 0 Å². The monoisotopic (exact) mass is 290 g/mol. The molecule has 0 atom stereocenters. The van der Waals surface area contributed by atoms with Gasteiger partial charge in [-0.3, -0.25) is 0 Å². The third-order valence-corrected chi connectivity index (χ3v) is 3.16. The minimum atomic E-state index is -0.372. The van der Waals surface area contributed by atoms with Crippen molar-refractivity contribution < 1.29 is 14.3 Å². The summed E-state index contributed by atoms with van der Waals surface area (Å²) in [7, 11) is 1.61. The van der Waals surface area contributed by atoms with Crippen LogP contribution in [0.5, 0.6) is 0 Å². The Labute approximate surface area is 123 Å². The highest BCUT2D eigenvalue weighted by Gasteiger charge is 2.09. The molecule has 0 heterocycles. The molecule has 0 saturated heterocycles. The van der Waals surface area contributed by atoms with E-state index in [1.807, 2.05) is 24.3 Å². The summed E-state index contributed by atoms with van der Waals surface area (Å²) in [4.78, 5) is 12.0. The van der Waals surface area contributed by atoms with Gasteiger partial charge in [-0.1, -0.05) is 41.9 Å². The van der Waals surface area contributed by atoms with Crippen LogP contribution in [0, 0.1) is 0 Å². The summed E-state index contributed by atoms with van der Waals surface area (Å²) in [5.74, 6) is -0.372. The lowest BCUT2D eigenvalue weighted by molar-refractivity contribution is 0.0472. The van der Waals surface area contributed by atoms with Gasteiger partial charge in [0.15, 0.2) is 0 Å². The summed E-state index contributed by atoms with van der Waals surface area (Å²) in [6, 6.07) is 14.5. The largest absolute Gasteiger partial charge is 0.457 e. The van der Waals surface area contributed by atoms with Crippen LogP contribution in [0.4, 0.5) is 0 Å². The molecule has 0 aliphatic carbocycles. The number of benzene rings is 2. The average Bonchev–Trinajstić information content (AvgIpc) is 2.47. The van der Waals surface area contributed by atoms with E-state index in [1.54, 1.807) is 31.4 Å². The lowest BCUT2D eigenvalue weighted by atomic mass is 10.1. The molecule has 20 heavy (non-hydrogen) atoms. The van der Waals surface area contributed by atoms with E-state index < -0.39 is 0 Å². The van der Waals surface area contributed by atoms with E-state index >= 15 is 0 Å². The van der Waals surface area contributed by atoms with Crippen LogP contribution in [0.15, 0.2) is 48.5 Å². The molecule has 0 aromatic heterocycles. The SMILES string of the molecule is COCc1cccc(C(=O)OCc2ccccc2Cl)c1. The number of esters is 1. The maximum Gasteiger partial charge on any atom is 0.338 e. The number of carbonyl (C=O) groups excluding carboxylic acids is 1. The van der Waals surface area contributed by atoms with Crippen molar-refractivity contribution in [3.05, 3.63) is 70.2 Å². The summed E-state index contributed by atoms with van der Waals surface area (Å²) in [5, 5.41) is 0.591. The van der Waals surface area contributed by atoms with Crippen LogP contribution in [0.2, 0.25) is 5.02 Å². The van der Waals surface area contributed by atoms with E-state index in [0.29, 0.717) is 17.2 Å². The predicted molar refractivity (Wildman–Crippen MR) is 77.7 cm³/mol. The van der Waals surface area contributed by atoms with Crippen molar-refractivity contribution in [3.63, 3.8) is 0 Å². The van der Waals surface area contributed by atoms with Gasteiger partial charge < -0.3 is 9.47 Å². The molecule has 0 spiro atoms. The second-order valence-corrected chi connectivity index (χ2v) is 4.71. The van der Waals surface area contributed by atoms with Gasteiger partial charge in [0.2, 0.25) is 0 Å². The fourth-order valence-corrected chi connectivity index (χ4v) is 1.99. The molecule has 104 valence electrons. The third-order valence-electron chi connectivity index (χ3n) is 2.79. The first-order chi connectivity index (χ1) is 9.70. The average molecular weight is 291 g/mol. The maximum absolute atomic E-state index is 12.0. The summed E-state index contributed by atoms with van der Waals surface area (Å²) >= 11 is 6.01. The van der Waals surface area contributed by atoms with Crippen LogP contribution < -0.4 is 0 Å². The summed E-state index contributed by atoms with van der Waals surface area (Å²) in [5.41, 5.74) is 2.22. The molecule has 2 rings (SSSR count). The zero-order chi connectivity index (χ0) is 14.4. The minimum Gasteiger partial charge on any atom is -0.457 e. The number of hydrogen-bond acceptors (Lipinski definition) is 3. The Morgan fingerprint density at radius 3 is 2.65 bits per heavy atom. The quantitative estimate of drug-likeness (QED) is 0.785. The molecule has 0 amide bonds. The molecular formula is C16H15ClO3. The molecule has 2 aromatic rings. The molecule has 0 fully saturated rings. The molecule has 0 saturated carbocycles. The van der Waals surface area contributed by atoms with E-state index in [1.165, 1.54) is 0 Å². The van der Waals surface area contributed by atoms with Gasteiger partial charge in [0, 0.05) is 17.7 Å². The van der Waals surface area contributed by atoms with Gasteiger partial charge in [-0.15, -0.1) is 0 Å². The molecular weight excluding hydrogens is 276 g/mol. The molecule has 0 aliphatic rings. The summed E-state index contributed by atoms with van der Waals surface area (Å²) in [6.45, 7) is 0.624. The van der Waals surface area contributed by atoms with Crippen molar-refractivity contribution in [2.45, 2.75) is 13.2 Å². The van der Waals surface area contributed by atoms with E-state index in [0.717, 1.165) is 11.1 Å². The van der Waals surface area contributed by atoms with Gasteiger partial charge in [0.1, 0.15) is 6.61 Å². The van der Waals surface area contributed by atoms with Crippen LogP contribution in [0.3, 0.4) is 0 Å². The Bertz CT molecular complexity index is 596. The highest BCUT2D eigenvalue weighted by atomic mass is 35.5. The number of halogens is 1. The van der Waals surface area contributed by atoms with Crippen LogP contribution >= 0.6 is 11.6 Å². The van der Waals surface area contributed by atoms with Crippen LogP contribution in [-0.2, 0) is 22.7 Å². The Balaban J connectivity index is 2.01. The van der Waals surface area contributed by atoms with Crippen molar-refractivity contribution in [1.29, 1.82) is 0 Å². The fourth-order valence-electron chi connectivity index (χ4n) is 1.80. The molecule has 0 radical (unpaired) electrons. The summed E-state index contributed by atoms with van der Waals surface area (Å²) in [6.07, 6.45) is 0. The van der Waals surface area contributed by atoms with Gasteiger partial charge in [-0.05, 0) is 23.8 Å². The first-order valence-corrected chi connectivity index (χ1v) is 6.57. The van der Waals surface area contributed by atoms with Crippen LogP contribution in [0.25, 0.3) is 0 Å². The Kier molecular flexibility index (Phi) is 5.16. The zero-order valence-electron chi connectivity index (χ0n) is 11.1. The van der Waals surface area contributed by atoms with Gasteiger partial charge in [-0.25, -0.2) is 4.79 Å². The first kappa shape index (κ1) is 14.6. The number of methoxy groups -OCH3 is 1. The predicted octanol–water partition coefficient (Wildman–Crippen LogP) is 3.84. The summed E-state index contributed by atoms with van der Waals surface area (Å²) < 4.78 is 10.3. The molecule has 0 aliphatic heterocycles. The fraction of sp³-hybridized carbons (Fsp3) is 0.188. The first-order valence-electron chi connectivity index (χ1n) is 6.19. The second-order valence-electron chi connectivity index (χ2n) is 4.30. The van der Waals surface area contributed by atoms with Crippen LogP contribution in [-0.4, -0.2) is 13.1 Å². The topological polar surface area (TPSA) is 35.5 Å². The maximum atomic E-state index is 12.0. The number of hydrogen-bond donors (Lipinski definition) is 0. The lowest BCUT2D eigenvalue weighted by Gasteiger charge is -2.07. The Morgan fingerprint density at radius 1 is 1.10 bits per heavy atom. The number of ether oxygens (including phenoxy) is 2. The highest BCUT2D eigenvalue weighted by Crippen LogP contribution is 2.16. The standard InChI is InChI=1S/C16H15ClO3/c1-19-10-12-5-4-7-13(9-12)16(18)20-11-14-6-2-3-8-15(14)17/h2-9H,10-11H2,1H3. The molecule has 3 nitrogen and oxygen atoms in total. The molecule has 4 heteroatoms. The van der Waals surface area contributed by atoms with Crippen LogP contribution in [0.1, 0.15) is 21.5 Å². The second kappa shape index (κ2) is 7.08. The van der Waals surface area contributed by atoms with Gasteiger partial charge in [0.05, 0.1) is 12.2 Å². The van der Waals surface area contributed by atoms with Crippen molar-refractivity contribution >= 4 is 17.6 Å². The number of carbonyl (C=O) groups is 1. The molecule has 0 bridgehead atoms. The zero-order valence-corrected chi connectivity index (χ0v) is 11.9. The van der Waals surface area contributed by atoms with Crippen molar-refractivity contribution in [1.82, 2.24) is 0 Å². The van der Waals surface area contributed by atoms with E-state index in [4.69, 9.17) is 21.1 Å². The molecule has 0 unspecified atom stereocenters. The van der Waals surface area contributed by atoms with Crippen molar-refractivity contribution in [2.75, 3.05) is 7.11 Å².